The first-order valence-corrected chi connectivity index (χ1v) is 9.74. The molecule has 0 spiro atoms. The highest BCUT2D eigenvalue weighted by molar-refractivity contribution is 7.98. The molecular weight excluding hydrogens is 280 g/mol. The topological polar surface area (TPSA) is 39.7 Å². The Morgan fingerprint density at radius 1 is 1.29 bits per heavy atom. The lowest BCUT2D eigenvalue weighted by Crippen LogP contribution is -2.48. The Morgan fingerprint density at radius 3 is 2.62 bits per heavy atom. The van der Waals surface area contributed by atoms with Crippen LogP contribution in [0.4, 0.5) is 0 Å². The molecule has 1 heterocycles. The van der Waals surface area contributed by atoms with Gasteiger partial charge in [0, 0.05) is 26.2 Å². The first-order chi connectivity index (χ1) is 10.2. The fraction of sp³-hybridized carbons (Fsp3) is 0.938. The van der Waals surface area contributed by atoms with Crippen molar-refractivity contribution in [1.82, 2.24) is 15.5 Å². The molecule has 1 fully saturated rings. The lowest BCUT2D eigenvalue weighted by molar-refractivity contribution is 0.147. The number of unbranched alkanes of at least 4 members (excludes halogenated alkanes) is 1. The van der Waals surface area contributed by atoms with Gasteiger partial charge in [0.1, 0.15) is 0 Å². The summed E-state index contributed by atoms with van der Waals surface area (Å²) >= 11 is 1.92. The van der Waals surface area contributed by atoms with Crippen LogP contribution in [-0.2, 0) is 0 Å². The molecule has 21 heavy (non-hydrogen) atoms. The molecule has 0 bridgehead atoms. The number of thioether (sulfide) groups is 1. The number of nitrogens with one attached hydrogen (secondary N) is 2. The van der Waals surface area contributed by atoms with E-state index < -0.39 is 0 Å². The first-order valence-electron chi connectivity index (χ1n) is 8.34. The molecule has 0 aliphatic carbocycles. The number of rotatable bonds is 8. The van der Waals surface area contributed by atoms with Crippen LogP contribution in [0.2, 0.25) is 0 Å². The van der Waals surface area contributed by atoms with Crippen LogP contribution >= 0.6 is 11.8 Å². The summed E-state index contributed by atoms with van der Waals surface area (Å²) in [7, 11) is 1.85. The van der Waals surface area contributed by atoms with E-state index in [1.807, 2.05) is 18.8 Å². The maximum absolute atomic E-state index is 4.31. The van der Waals surface area contributed by atoms with Crippen LogP contribution in [0.25, 0.3) is 0 Å². The average molecular weight is 315 g/mol. The Bertz CT molecular complexity index is 288. The Hall–Kier alpha value is -0.420. The first kappa shape index (κ1) is 18.6. The van der Waals surface area contributed by atoms with Crippen molar-refractivity contribution in [3.05, 3.63) is 0 Å². The minimum absolute atomic E-state index is 0.576. The monoisotopic (exact) mass is 314 g/mol. The summed E-state index contributed by atoms with van der Waals surface area (Å²) < 4.78 is 0. The van der Waals surface area contributed by atoms with Gasteiger partial charge in [0.15, 0.2) is 5.96 Å². The van der Waals surface area contributed by atoms with Gasteiger partial charge >= 0.3 is 0 Å². The van der Waals surface area contributed by atoms with E-state index >= 15 is 0 Å². The molecule has 1 aliphatic heterocycles. The van der Waals surface area contributed by atoms with Crippen molar-refractivity contribution in [1.29, 1.82) is 0 Å². The second kappa shape index (κ2) is 11.2. The SMILES string of the molecule is CN=C(NCCCCSC)NCC(C)N1CCC(C)CC1. The average Bonchev–Trinajstić information content (AvgIpc) is 2.50. The second-order valence-electron chi connectivity index (χ2n) is 6.15. The number of likely N-dealkylation sites (tertiary alicyclic amines) is 1. The van der Waals surface area contributed by atoms with Crippen molar-refractivity contribution >= 4 is 17.7 Å². The van der Waals surface area contributed by atoms with E-state index in [1.54, 1.807) is 0 Å². The quantitative estimate of drug-likeness (QED) is 0.410. The number of hydrogen-bond donors (Lipinski definition) is 2. The maximum atomic E-state index is 4.31. The zero-order valence-corrected chi connectivity index (χ0v) is 15.1. The van der Waals surface area contributed by atoms with Crippen LogP contribution in [0, 0.1) is 5.92 Å². The van der Waals surface area contributed by atoms with Crippen molar-refractivity contribution in [2.24, 2.45) is 10.9 Å². The van der Waals surface area contributed by atoms with Gasteiger partial charge in [-0.1, -0.05) is 6.92 Å². The third-order valence-corrected chi connectivity index (χ3v) is 4.99. The summed E-state index contributed by atoms with van der Waals surface area (Å²) in [6.45, 7) is 9.14. The van der Waals surface area contributed by atoms with Crippen LogP contribution in [-0.4, -0.2) is 62.1 Å². The van der Waals surface area contributed by atoms with Crippen molar-refractivity contribution in [3.8, 4) is 0 Å². The van der Waals surface area contributed by atoms with E-state index in [9.17, 15) is 0 Å². The van der Waals surface area contributed by atoms with Gasteiger partial charge in [-0.2, -0.15) is 11.8 Å². The van der Waals surface area contributed by atoms with Gasteiger partial charge in [-0.05, 0) is 63.6 Å². The van der Waals surface area contributed by atoms with Crippen LogP contribution < -0.4 is 10.6 Å². The molecule has 4 nitrogen and oxygen atoms in total. The molecule has 0 radical (unpaired) electrons. The van der Waals surface area contributed by atoms with Gasteiger partial charge in [-0.15, -0.1) is 0 Å². The lowest BCUT2D eigenvalue weighted by Gasteiger charge is -2.35. The van der Waals surface area contributed by atoms with Gasteiger partial charge < -0.3 is 10.6 Å². The molecule has 5 heteroatoms. The molecular formula is C16H34N4S. The molecule has 1 saturated heterocycles. The van der Waals surface area contributed by atoms with E-state index in [-0.39, 0.29) is 0 Å². The summed E-state index contributed by atoms with van der Waals surface area (Å²) in [5.74, 6) is 3.09. The minimum atomic E-state index is 0.576. The smallest absolute Gasteiger partial charge is 0.191 e. The molecule has 0 saturated carbocycles. The highest BCUT2D eigenvalue weighted by Gasteiger charge is 2.20. The van der Waals surface area contributed by atoms with Gasteiger partial charge in [0.2, 0.25) is 0 Å². The number of nitrogens with zero attached hydrogens (tertiary/aromatic N) is 2. The highest BCUT2D eigenvalue weighted by Crippen LogP contribution is 2.17. The predicted octanol–water partition coefficient (Wildman–Crippen LogP) is 2.42. The molecule has 0 aromatic rings. The molecule has 1 aliphatic rings. The van der Waals surface area contributed by atoms with Crippen molar-refractivity contribution < 1.29 is 0 Å². The van der Waals surface area contributed by atoms with Crippen LogP contribution in [0.15, 0.2) is 4.99 Å². The molecule has 1 unspecified atom stereocenters. The van der Waals surface area contributed by atoms with Crippen molar-refractivity contribution in [3.63, 3.8) is 0 Å². The Labute approximate surface area is 135 Å². The molecule has 1 atom stereocenters. The molecule has 0 aromatic carbocycles. The number of guanidine groups is 1. The van der Waals surface area contributed by atoms with E-state index in [2.05, 4.69) is 40.6 Å². The number of aliphatic imine (C=N–C) groups is 1. The zero-order valence-electron chi connectivity index (χ0n) is 14.3. The Morgan fingerprint density at radius 2 is 2.00 bits per heavy atom. The third kappa shape index (κ3) is 7.96. The molecule has 124 valence electrons. The zero-order chi connectivity index (χ0) is 15.5. The maximum Gasteiger partial charge on any atom is 0.191 e. The fourth-order valence-electron chi connectivity index (χ4n) is 2.64. The fourth-order valence-corrected chi connectivity index (χ4v) is 3.13. The van der Waals surface area contributed by atoms with Gasteiger partial charge in [0.05, 0.1) is 0 Å². The van der Waals surface area contributed by atoms with E-state index in [1.165, 1.54) is 44.5 Å². The number of piperidine rings is 1. The summed E-state index contributed by atoms with van der Waals surface area (Å²) in [5, 5.41) is 6.87. The van der Waals surface area contributed by atoms with E-state index in [4.69, 9.17) is 0 Å². The molecule has 0 aromatic heterocycles. The molecule has 1 rings (SSSR count). The van der Waals surface area contributed by atoms with Gasteiger partial charge in [-0.25, -0.2) is 0 Å². The Kier molecular flexibility index (Phi) is 9.92. The van der Waals surface area contributed by atoms with E-state index in [0.29, 0.717) is 6.04 Å². The summed E-state index contributed by atoms with van der Waals surface area (Å²) in [6.07, 6.45) is 7.32. The summed E-state index contributed by atoms with van der Waals surface area (Å²) in [5.41, 5.74) is 0. The molecule has 2 N–H and O–H groups in total. The van der Waals surface area contributed by atoms with Crippen LogP contribution in [0.3, 0.4) is 0 Å². The summed E-state index contributed by atoms with van der Waals surface area (Å²) in [6, 6.07) is 0.576. The highest BCUT2D eigenvalue weighted by atomic mass is 32.2. The lowest BCUT2D eigenvalue weighted by atomic mass is 9.98. The van der Waals surface area contributed by atoms with Crippen molar-refractivity contribution in [2.45, 2.75) is 45.6 Å². The largest absolute Gasteiger partial charge is 0.356 e. The Balaban J connectivity index is 2.15. The van der Waals surface area contributed by atoms with Gasteiger partial charge in [-0.3, -0.25) is 9.89 Å². The predicted molar refractivity (Wildman–Crippen MR) is 96.4 cm³/mol. The van der Waals surface area contributed by atoms with Crippen LogP contribution in [0.5, 0.6) is 0 Å². The summed E-state index contributed by atoms with van der Waals surface area (Å²) in [4.78, 5) is 6.90. The van der Waals surface area contributed by atoms with E-state index in [0.717, 1.165) is 25.0 Å². The minimum Gasteiger partial charge on any atom is -0.356 e. The van der Waals surface area contributed by atoms with Crippen molar-refractivity contribution in [2.75, 3.05) is 45.2 Å². The van der Waals surface area contributed by atoms with Crippen LogP contribution in [0.1, 0.15) is 39.5 Å². The van der Waals surface area contributed by atoms with Gasteiger partial charge in [0.25, 0.3) is 0 Å². The second-order valence-corrected chi connectivity index (χ2v) is 7.13. The third-order valence-electron chi connectivity index (χ3n) is 4.30. The standard InChI is InChI=1S/C16H34N4S/c1-14-7-10-20(11-8-14)15(2)13-19-16(17-3)18-9-5-6-12-21-4/h14-15H,5-13H2,1-4H3,(H2,17,18,19). The number of hydrogen-bond acceptors (Lipinski definition) is 3. The molecule has 0 amide bonds. The normalized spacial score (nSPS) is 19.5.